The van der Waals surface area contributed by atoms with Crippen molar-refractivity contribution in [2.45, 2.75) is 19.0 Å². The first-order valence-corrected chi connectivity index (χ1v) is 7.59. The zero-order chi connectivity index (χ0) is 19.6. The maximum absolute atomic E-state index is 14.0. The standard InChI is InChI=1S/C16H12F4O4.CH5N/c17-10-6-9(15-8(13(10)22)2-1-5-24-15)7-3-4-11(21)14(23)12(7)16(18,19)20;1-2/h3-4,6,21-23H,1-2,5H2;2H2,1H3. The molecule has 0 aliphatic carbocycles. The van der Waals surface area contributed by atoms with E-state index in [4.69, 9.17) is 4.74 Å². The number of rotatable bonds is 1. The Morgan fingerprint density at radius 3 is 2.31 bits per heavy atom. The molecule has 0 unspecified atom stereocenters. The molecule has 0 aromatic heterocycles. The topological polar surface area (TPSA) is 95.9 Å². The van der Waals surface area contributed by atoms with Gasteiger partial charge < -0.3 is 25.8 Å². The molecule has 0 saturated carbocycles. The highest BCUT2D eigenvalue weighted by Gasteiger charge is 2.39. The van der Waals surface area contributed by atoms with Crippen molar-refractivity contribution in [3.05, 3.63) is 35.1 Å². The average Bonchev–Trinajstić information content (AvgIpc) is 2.61. The molecule has 1 aliphatic heterocycles. The number of halogens is 4. The van der Waals surface area contributed by atoms with E-state index >= 15 is 0 Å². The van der Waals surface area contributed by atoms with Gasteiger partial charge in [0.2, 0.25) is 0 Å². The van der Waals surface area contributed by atoms with Crippen LogP contribution in [0.3, 0.4) is 0 Å². The second-order valence-electron chi connectivity index (χ2n) is 5.37. The number of phenolic OH excluding ortho intramolecular Hbond substituents is 3. The fourth-order valence-electron chi connectivity index (χ4n) is 2.79. The molecule has 5 N–H and O–H groups in total. The van der Waals surface area contributed by atoms with E-state index < -0.39 is 40.4 Å². The van der Waals surface area contributed by atoms with Gasteiger partial charge in [-0.15, -0.1) is 0 Å². The monoisotopic (exact) mass is 375 g/mol. The van der Waals surface area contributed by atoms with Crippen LogP contribution in [0, 0.1) is 5.82 Å². The molecule has 0 radical (unpaired) electrons. The van der Waals surface area contributed by atoms with E-state index in [-0.39, 0.29) is 29.9 Å². The van der Waals surface area contributed by atoms with Gasteiger partial charge >= 0.3 is 6.18 Å². The lowest BCUT2D eigenvalue weighted by Crippen LogP contribution is -2.12. The minimum Gasteiger partial charge on any atom is -0.505 e. The number of ether oxygens (including phenoxy) is 1. The third kappa shape index (κ3) is 3.34. The molecule has 5 nitrogen and oxygen atoms in total. The van der Waals surface area contributed by atoms with Crippen LogP contribution < -0.4 is 10.5 Å². The van der Waals surface area contributed by atoms with E-state index in [1.807, 2.05) is 0 Å². The Kier molecular flexibility index (Phi) is 5.50. The summed E-state index contributed by atoms with van der Waals surface area (Å²) in [6.45, 7) is 0.205. The Morgan fingerprint density at radius 1 is 1.04 bits per heavy atom. The van der Waals surface area contributed by atoms with Crippen molar-refractivity contribution in [3.63, 3.8) is 0 Å². The van der Waals surface area contributed by atoms with Gasteiger partial charge in [0.05, 0.1) is 6.61 Å². The molecule has 2 aromatic carbocycles. The number of nitrogens with two attached hydrogens (primary N) is 1. The summed E-state index contributed by atoms with van der Waals surface area (Å²) in [7, 11) is 1.50. The van der Waals surface area contributed by atoms with Crippen LogP contribution in [0.1, 0.15) is 17.5 Å². The third-order valence-electron chi connectivity index (χ3n) is 3.85. The maximum Gasteiger partial charge on any atom is 0.420 e. The number of aromatic hydroxyl groups is 3. The number of benzene rings is 2. The van der Waals surface area contributed by atoms with Gasteiger partial charge in [-0.1, -0.05) is 0 Å². The van der Waals surface area contributed by atoms with E-state index in [0.29, 0.717) is 6.42 Å². The van der Waals surface area contributed by atoms with Gasteiger partial charge in [0.1, 0.15) is 11.3 Å². The smallest absolute Gasteiger partial charge is 0.420 e. The molecule has 1 heterocycles. The zero-order valence-electron chi connectivity index (χ0n) is 13.7. The first-order chi connectivity index (χ1) is 12.2. The summed E-state index contributed by atoms with van der Waals surface area (Å²) in [4.78, 5) is 0. The highest BCUT2D eigenvalue weighted by atomic mass is 19.4. The van der Waals surface area contributed by atoms with Crippen molar-refractivity contribution in [1.29, 1.82) is 0 Å². The number of phenols is 3. The summed E-state index contributed by atoms with van der Waals surface area (Å²) in [5.41, 5.74) is 2.29. The van der Waals surface area contributed by atoms with Gasteiger partial charge in [-0.2, -0.15) is 13.2 Å². The molecule has 26 heavy (non-hydrogen) atoms. The summed E-state index contributed by atoms with van der Waals surface area (Å²) in [6, 6.07) is 2.52. The molecule has 0 spiro atoms. The van der Waals surface area contributed by atoms with E-state index in [1.54, 1.807) is 0 Å². The molecule has 0 bridgehead atoms. The van der Waals surface area contributed by atoms with E-state index in [1.165, 1.54) is 7.05 Å². The van der Waals surface area contributed by atoms with Crippen molar-refractivity contribution < 1.29 is 37.6 Å². The molecule has 142 valence electrons. The second-order valence-corrected chi connectivity index (χ2v) is 5.37. The lowest BCUT2D eigenvalue weighted by atomic mass is 9.92. The molecular formula is C17H17F4NO4. The van der Waals surface area contributed by atoms with Crippen LogP contribution in [0.5, 0.6) is 23.0 Å². The number of fused-ring (bicyclic) bond motifs is 1. The SMILES string of the molecule is CN.Oc1ccc(-c2cc(F)c(O)c3c2OCCC3)c(C(F)(F)F)c1O. The van der Waals surface area contributed by atoms with Crippen molar-refractivity contribution in [2.24, 2.45) is 5.73 Å². The van der Waals surface area contributed by atoms with Gasteiger partial charge in [0.25, 0.3) is 0 Å². The third-order valence-corrected chi connectivity index (χ3v) is 3.85. The van der Waals surface area contributed by atoms with E-state index in [0.717, 1.165) is 18.2 Å². The lowest BCUT2D eigenvalue weighted by molar-refractivity contribution is -0.138. The Hall–Kier alpha value is -2.68. The lowest BCUT2D eigenvalue weighted by Gasteiger charge is -2.23. The molecule has 0 atom stereocenters. The fourth-order valence-corrected chi connectivity index (χ4v) is 2.79. The normalized spacial score (nSPS) is 13.3. The Bertz CT molecular complexity index is 822. The first kappa shape index (κ1) is 19.6. The number of alkyl halides is 3. The molecule has 0 saturated heterocycles. The number of hydrogen-bond acceptors (Lipinski definition) is 5. The minimum atomic E-state index is -4.99. The molecule has 0 fully saturated rings. The molecule has 0 amide bonds. The van der Waals surface area contributed by atoms with Crippen molar-refractivity contribution >= 4 is 0 Å². The Balaban J connectivity index is 0.00000117. The van der Waals surface area contributed by atoms with Gasteiger partial charge in [-0.25, -0.2) is 4.39 Å². The molecular weight excluding hydrogens is 358 g/mol. The van der Waals surface area contributed by atoms with Crippen molar-refractivity contribution in [3.8, 4) is 34.1 Å². The summed E-state index contributed by atoms with van der Waals surface area (Å²) in [5, 5.41) is 28.8. The minimum absolute atomic E-state index is 0.0595. The van der Waals surface area contributed by atoms with Gasteiger partial charge in [0, 0.05) is 16.7 Å². The van der Waals surface area contributed by atoms with Crippen LogP contribution in [0.4, 0.5) is 17.6 Å². The largest absolute Gasteiger partial charge is 0.505 e. The Labute approximate surface area is 146 Å². The van der Waals surface area contributed by atoms with Crippen LogP contribution in [-0.2, 0) is 12.6 Å². The van der Waals surface area contributed by atoms with Gasteiger partial charge in [-0.05, 0) is 38.1 Å². The Morgan fingerprint density at radius 2 is 1.69 bits per heavy atom. The highest BCUT2D eigenvalue weighted by molar-refractivity contribution is 5.80. The predicted octanol–water partition coefficient (Wildman–Crippen LogP) is 3.53. The van der Waals surface area contributed by atoms with Crippen molar-refractivity contribution in [2.75, 3.05) is 13.7 Å². The molecule has 9 heteroatoms. The van der Waals surface area contributed by atoms with Crippen molar-refractivity contribution in [1.82, 2.24) is 0 Å². The van der Waals surface area contributed by atoms with Gasteiger partial charge in [-0.3, -0.25) is 0 Å². The van der Waals surface area contributed by atoms with Crippen LogP contribution >= 0.6 is 0 Å². The average molecular weight is 375 g/mol. The maximum atomic E-state index is 14.0. The number of hydrogen-bond donors (Lipinski definition) is 4. The predicted molar refractivity (Wildman–Crippen MR) is 85.8 cm³/mol. The molecule has 2 aromatic rings. The van der Waals surface area contributed by atoms with Crippen LogP contribution in [0.2, 0.25) is 0 Å². The summed E-state index contributed by atoms with van der Waals surface area (Å²) in [6.07, 6.45) is -4.26. The van der Waals surface area contributed by atoms with Crippen LogP contribution in [0.15, 0.2) is 18.2 Å². The summed E-state index contributed by atoms with van der Waals surface area (Å²) in [5.74, 6) is -4.10. The van der Waals surface area contributed by atoms with Crippen LogP contribution in [-0.4, -0.2) is 29.0 Å². The fraction of sp³-hybridized carbons (Fsp3) is 0.294. The first-order valence-electron chi connectivity index (χ1n) is 7.59. The summed E-state index contributed by atoms with van der Waals surface area (Å²) >= 11 is 0. The highest BCUT2D eigenvalue weighted by Crippen LogP contribution is 2.50. The molecule has 3 rings (SSSR count). The second kappa shape index (κ2) is 7.28. The van der Waals surface area contributed by atoms with Crippen LogP contribution in [0.25, 0.3) is 11.1 Å². The van der Waals surface area contributed by atoms with Gasteiger partial charge in [0.15, 0.2) is 23.1 Å². The zero-order valence-corrected chi connectivity index (χ0v) is 13.7. The molecule has 1 aliphatic rings. The summed E-state index contributed by atoms with van der Waals surface area (Å²) < 4.78 is 59.3. The van der Waals surface area contributed by atoms with E-state index in [2.05, 4.69) is 5.73 Å². The quantitative estimate of drug-likeness (QED) is 0.452. The van der Waals surface area contributed by atoms with E-state index in [9.17, 15) is 32.9 Å².